The van der Waals surface area contributed by atoms with Crippen LogP contribution in [0.3, 0.4) is 0 Å². The van der Waals surface area contributed by atoms with Crippen molar-refractivity contribution >= 4 is 23.2 Å². The predicted octanol–water partition coefficient (Wildman–Crippen LogP) is 2.50. The Morgan fingerprint density at radius 2 is 1.65 bits per heavy atom. The Labute approximate surface area is 133 Å². The third-order valence-electron chi connectivity index (χ3n) is 3.09. The van der Waals surface area contributed by atoms with Gasteiger partial charge in [0.1, 0.15) is 5.75 Å². The molecule has 0 spiro atoms. The van der Waals surface area contributed by atoms with Crippen LogP contribution in [0.15, 0.2) is 53.6 Å². The van der Waals surface area contributed by atoms with Crippen molar-refractivity contribution in [3.63, 3.8) is 0 Å². The SMILES string of the molecule is CC(=O)Nc1ccc(C(=O)N/N=C(/C)c2ccccc2O)cc1. The zero-order chi connectivity index (χ0) is 16.8. The van der Waals surface area contributed by atoms with Gasteiger partial charge in [-0.25, -0.2) is 5.43 Å². The normalized spacial score (nSPS) is 11.0. The van der Waals surface area contributed by atoms with Crippen LogP contribution in [0.25, 0.3) is 0 Å². The number of carbonyl (C=O) groups is 2. The van der Waals surface area contributed by atoms with E-state index >= 15 is 0 Å². The van der Waals surface area contributed by atoms with Gasteiger partial charge in [0.2, 0.25) is 5.91 Å². The minimum absolute atomic E-state index is 0.0997. The van der Waals surface area contributed by atoms with Crippen molar-refractivity contribution in [2.45, 2.75) is 13.8 Å². The first-order valence-electron chi connectivity index (χ1n) is 6.98. The number of phenolic OH excluding ortho intramolecular Hbond substituents is 1. The second-order valence-electron chi connectivity index (χ2n) is 4.91. The summed E-state index contributed by atoms with van der Waals surface area (Å²) in [7, 11) is 0. The van der Waals surface area contributed by atoms with Gasteiger partial charge in [-0.2, -0.15) is 5.10 Å². The molecule has 0 aliphatic heterocycles. The van der Waals surface area contributed by atoms with Crippen LogP contribution in [-0.2, 0) is 4.79 Å². The first kappa shape index (κ1) is 16.2. The molecule has 6 heteroatoms. The average Bonchev–Trinajstić information content (AvgIpc) is 2.53. The Bertz CT molecular complexity index is 752. The third-order valence-corrected chi connectivity index (χ3v) is 3.09. The summed E-state index contributed by atoms with van der Waals surface area (Å²) in [6.45, 7) is 3.10. The molecule has 0 saturated heterocycles. The topological polar surface area (TPSA) is 90.8 Å². The van der Waals surface area contributed by atoms with Gasteiger partial charge < -0.3 is 10.4 Å². The fourth-order valence-corrected chi connectivity index (χ4v) is 1.95. The Kier molecular flexibility index (Phi) is 5.09. The van der Waals surface area contributed by atoms with Gasteiger partial charge in [-0.1, -0.05) is 12.1 Å². The monoisotopic (exact) mass is 311 g/mol. The van der Waals surface area contributed by atoms with Crippen molar-refractivity contribution in [3.8, 4) is 5.75 Å². The van der Waals surface area contributed by atoms with Gasteiger partial charge in [0.15, 0.2) is 0 Å². The number of nitrogens with one attached hydrogen (secondary N) is 2. The van der Waals surface area contributed by atoms with E-state index < -0.39 is 0 Å². The molecule has 23 heavy (non-hydrogen) atoms. The molecule has 0 fully saturated rings. The smallest absolute Gasteiger partial charge is 0.271 e. The summed E-state index contributed by atoms with van der Waals surface area (Å²) in [5.41, 5.74) is 4.50. The molecule has 0 radical (unpaired) electrons. The highest BCUT2D eigenvalue weighted by molar-refractivity contribution is 6.02. The Morgan fingerprint density at radius 1 is 1.00 bits per heavy atom. The summed E-state index contributed by atoms with van der Waals surface area (Å²) >= 11 is 0. The summed E-state index contributed by atoms with van der Waals surface area (Å²) in [5.74, 6) is -0.457. The highest BCUT2D eigenvalue weighted by Gasteiger charge is 2.07. The second kappa shape index (κ2) is 7.22. The lowest BCUT2D eigenvalue weighted by atomic mass is 10.1. The van der Waals surface area contributed by atoms with Crippen LogP contribution in [0.1, 0.15) is 29.8 Å². The third kappa shape index (κ3) is 4.41. The zero-order valence-electron chi connectivity index (χ0n) is 12.8. The number of rotatable bonds is 4. The van der Waals surface area contributed by atoms with E-state index in [0.717, 1.165) is 0 Å². The van der Waals surface area contributed by atoms with Crippen LogP contribution in [0.4, 0.5) is 5.69 Å². The number of benzene rings is 2. The van der Waals surface area contributed by atoms with Gasteiger partial charge in [0, 0.05) is 23.7 Å². The lowest BCUT2D eigenvalue weighted by Crippen LogP contribution is -2.19. The summed E-state index contributed by atoms with van der Waals surface area (Å²) in [4.78, 5) is 23.0. The Hall–Kier alpha value is -3.15. The van der Waals surface area contributed by atoms with E-state index in [1.807, 2.05) is 0 Å². The molecule has 0 aliphatic rings. The standard InChI is InChI=1S/C17H17N3O3/c1-11(15-5-3-4-6-16(15)22)19-20-17(23)13-7-9-14(10-8-13)18-12(2)21/h3-10,22H,1-2H3,(H,18,21)(H,20,23)/b19-11-. The van der Waals surface area contributed by atoms with E-state index in [9.17, 15) is 14.7 Å². The molecule has 0 aromatic heterocycles. The maximum Gasteiger partial charge on any atom is 0.271 e. The van der Waals surface area contributed by atoms with Crippen LogP contribution in [0.5, 0.6) is 5.75 Å². The molecular formula is C17H17N3O3. The van der Waals surface area contributed by atoms with Crippen LogP contribution in [0.2, 0.25) is 0 Å². The van der Waals surface area contributed by atoms with E-state index in [0.29, 0.717) is 22.5 Å². The molecule has 0 bridgehead atoms. The molecule has 0 heterocycles. The van der Waals surface area contributed by atoms with Gasteiger partial charge in [-0.3, -0.25) is 9.59 Å². The number of hydrogen-bond acceptors (Lipinski definition) is 4. The van der Waals surface area contributed by atoms with E-state index in [1.165, 1.54) is 6.92 Å². The maximum atomic E-state index is 12.0. The summed E-state index contributed by atoms with van der Waals surface area (Å²) in [5, 5.41) is 16.4. The van der Waals surface area contributed by atoms with Gasteiger partial charge in [0.25, 0.3) is 5.91 Å². The molecule has 6 nitrogen and oxygen atoms in total. The molecule has 0 saturated carbocycles. The molecule has 0 aliphatic carbocycles. The van der Waals surface area contributed by atoms with E-state index in [1.54, 1.807) is 55.5 Å². The molecule has 2 aromatic carbocycles. The van der Waals surface area contributed by atoms with Crippen molar-refractivity contribution in [1.82, 2.24) is 5.43 Å². The summed E-state index contributed by atoms with van der Waals surface area (Å²) < 4.78 is 0. The van der Waals surface area contributed by atoms with Crippen molar-refractivity contribution < 1.29 is 14.7 Å². The first-order valence-corrected chi connectivity index (χ1v) is 6.98. The lowest BCUT2D eigenvalue weighted by Gasteiger charge is -2.06. The van der Waals surface area contributed by atoms with Crippen molar-refractivity contribution in [3.05, 3.63) is 59.7 Å². The van der Waals surface area contributed by atoms with Crippen molar-refractivity contribution in [2.75, 3.05) is 5.32 Å². The predicted molar refractivity (Wildman–Crippen MR) is 88.5 cm³/mol. The van der Waals surface area contributed by atoms with E-state index in [-0.39, 0.29) is 17.6 Å². The number of aromatic hydroxyl groups is 1. The fraction of sp³-hybridized carbons (Fsp3) is 0.118. The first-order chi connectivity index (χ1) is 11.0. The van der Waals surface area contributed by atoms with Crippen molar-refractivity contribution in [1.29, 1.82) is 0 Å². The molecule has 2 rings (SSSR count). The van der Waals surface area contributed by atoms with Crippen LogP contribution in [0, 0.1) is 0 Å². The number of phenols is 1. The highest BCUT2D eigenvalue weighted by atomic mass is 16.3. The number of hydrogen-bond donors (Lipinski definition) is 3. The van der Waals surface area contributed by atoms with Gasteiger partial charge >= 0.3 is 0 Å². The number of nitrogens with zero attached hydrogens (tertiary/aromatic N) is 1. The lowest BCUT2D eigenvalue weighted by molar-refractivity contribution is -0.114. The molecule has 0 unspecified atom stereocenters. The highest BCUT2D eigenvalue weighted by Crippen LogP contribution is 2.16. The quantitative estimate of drug-likeness (QED) is 0.598. The minimum atomic E-state index is -0.380. The van der Waals surface area contributed by atoms with Crippen LogP contribution in [-0.4, -0.2) is 22.6 Å². The second-order valence-corrected chi connectivity index (χ2v) is 4.91. The van der Waals surface area contributed by atoms with Crippen LogP contribution < -0.4 is 10.7 Å². The Morgan fingerprint density at radius 3 is 2.26 bits per heavy atom. The van der Waals surface area contributed by atoms with Gasteiger partial charge in [-0.15, -0.1) is 0 Å². The zero-order valence-corrected chi connectivity index (χ0v) is 12.8. The molecule has 0 atom stereocenters. The number of hydrazone groups is 1. The number of amides is 2. The maximum absolute atomic E-state index is 12.0. The van der Waals surface area contributed by atoms with Crippen molar-refractivity contribution in [2.24, 2.45) is 5.10 Å². The molecule has 118 valence electrons. The summed E-state index contributed by atoms with van der Waals surface area (Å²) in [6, 6.07) is 13.2. The summed E-state index contributed by atoms with van der Waals surface area (Å²) in [6.07, 6.45) is 0. The van der Waals surface area contributed by atoms with Gasteiger partial charge in [0.05, 0.1) is 5.71 Å². The van der Waals surface area contributed by atoms with E-state index in [4.69, 9.17) is 0 Å². The fourth-order valence-electron chi connectivity index (χ4n) is 1.95. The van der Waals surface area contributed by atoms with Gasteiger partial charge in [-0.05, 0) is 43.3 Å². The minimum Gasteiger partial charge on any atom is -0.507 e. The Balaban J connectivity index is 2.05. The van der Waals surface area contributed by atoms with Crippen LogP contribution >= 0.6 is 0 Å². The molecular weight excluding hydrogens is 294 g/mol. The molecule has 3 N–H and O–H groups in total. The average molecular weight is 311 g/mol. The largest absolute Gasteiger partial charge is 0.507 e. The number of para-hydroxylation sites is 1. The number of carbonyl (C=O) groups excluding carboxylic acids is 2. The van der Waals surface area contributed by atoms with E-state index in [2.05, 4.69) is 15.8 Å². The molecule has 2 aromatic rings. The number of anilines is 1. The molecule has 2 amide bonds.